The summed E-state index contributed by atoms with van der Waals surface area (Å²) in [6, 6.07) is 18.3. The van der Waals surface area contributed by atoms with Gasteiger partial charge in [0.05, 0.1) is 5.56 Å². The van der Waals surface area contributed by atoms with E-state index in [1.54, 1.807) is 0 Å². The molecule has 3 nitrogen and oxygen atoms in total. The first-order valence-electron chi connectivity index (χ1n) is 7.74. The normalized spacial score (nSPS) is 20.8. The smallest absolute Gasteiger partial charge is 0.258 e. The summed E-state index contributed by atoms with van der Waals surface area (Å²) in [4.78, 5) is 14.8. The fourth-order valence-electron chi connectivity index (χ4n) is 2.94. The summed E-state index contributed by atoms with van der Waals surface area (Å²) in [6.45, 7) is 0. The molecule has 1 amide bonds. The largest absolute Gasteiger partial charge is 0.361 e. The van der Waals surface area contributed by atoms with Crippen molar-refractivity contribution in [2.24, 2.45) is 0 Å². The number of rotatable bonds is 3. The first-order valence-corrected chi connectivity index (χ1v) is 7.74. The minimum atomic E-state index is -0.0740. The van der Waals surface area contributed by atoms with E-state index in [0.717, 1.165) is 29.7 Å². The molecule has 2 aromatic rings. The zero-order chi connectivity index (χ0) is 14.9. The Morgan fingerprint density at radius 1 is 1.00 bits per heavy atom. The lowest BCUT2D eigenvalue weighted by Crippen LogP contribution is -2.48. The maximum atomic E-state index is 12.8. The van der Waals surface area contributed by atoms with Gasteiger partial charge in [0.1, 0.15) is 6.17 Å². The van der Waals surface area contributed by atoms with Gasteiger partial charge in [-0.05, 0) is 36.6 Å². The highest BCUT2D eigenvalue weighted by molar-refractivity contribution is 6.02. The van der Waals surface area contributed by atoms with Gasteiger partial charge in [-0.3, -0.25) is 4.79 Å². The van der Waals surface area contributed by atoms with Gasteiger partial charge in [0.2, 0.25) is 0 Å². The molecule has 0 aromatic heterocycles. The van der Waals surface area contributed by atoms with E-state index in [-0.39, 0.29) is 12.1 Å². The second kappa shape index (κ2) is 5.34. The number of hydrogen-bond donors (Lipinski definition) is 1. The van der Waals surface area contributed by atoms with Crippen molar-refractivity contribution >= 4 is 17.7 Å². The van der Waals surface area contributed by atoms with E-state index in [4.69, 9.17) is 0 Å². The van der Waals surface area contributed by atoms with Crippen LogP contribution in [0.2, 0.25) is 0 Å². The quantitative estimate of drug-likeness (QED) is 0.933. The second-order valence-electron chi connectivity index (χ2n) is 5.85. The Balaban J connectivity index is 1.66. The molecule has 0 radical (unpaired) electrons. The van der Waals surface area contributed by atoms with Crippen molar-refractivity contribution in [2.75, 3.05) is 5.32 Å². The minimum Gasteiger partial charge on any atom is -0.361 e. The van der Waals surface area contributed by atoms with Crippen molar-refractivity contribution in [3.8, 4) is 0 Å². The van der Waals surface area contributed by atoms with Crippen molar-refractivity contribution in [3.05, 3.63) is 71.8 Å². The Bertz CT molecular complexity index is 719. The molecule has 4 rings (SSSR count). The summed E-state index contributed by atoms with van der Waals surface area (Å²) in [7, 11) is 0. The Morgan fingerprint density at radius 3 is 2.50 bits per heavy atom. The number of carbonyl (C=O) groups is 1. The van der Waals surface area contributed by atoms with Gasteiger partial charge in [0.25, 0.3) is 5.91 Å². The van der Waals surface area contributed by atoms with Gasteiger partial charge >= 0.3 is 0 Å². The number of carbonyl (C=O) groups excluding carboxylic acids is 1. The van der Waals surface area contributed by atoms with E-state index >= 15 is 0 Å². The molecule has 1 fully saturated rings. The highest BCUT2D eigenvalue weighted by Gasteiger charge is 2.40. The molecule has 0 bridgehead atoms. The van der Waals surface area contributed by atoms with E-state index in [2.05, 4.69) is 29.6 Å². The van der Waals surface area contributed by atoms with E-state index < -0.39 is 0 Å². The summed E-state index contributed by atoms with van der Waals surface area (Å²) < 4.78 is 0. The van der Waals surface area contributed by atoms with Gasteiger partial charge in [0, 0.05) is 11.7 Å². The van der Waals surface area contributed by atoms with Crippen molar-refractivity contribution in [2.45, 2.75) is 25.0 Å². The lowest BCUT2D eigenvalue weighted by molar-refractivity contribution is 0.0703. The van der Waals surface area contributed by atoms with E-state index in [1.165, 1.54) is 0 Å². The van der Waals surface area contributed by atoms with E-state index in [9.17, 15) is 4.79 Å². The predicted octanol–water partition coefficient (Wildman–Crippen LogP) is 3.76. The summed E-state index contributed by atoms with van der Waals surface area (Å²) in [6.07, 6.45) is 6.29. The van der Waals surface area contributed by atoms with Gasteiger partial charge in [-0.25, -0.2) is 0 Å². The number of hydrogen-bond acceptors (Lipinski definition) is 2. The van der Waals surface area contributed by atoms with Crippen LogP contribution in [0.25, 0.3) is 6.08 Å². The van der Waals surface area contributed by atoms with Crippen LogP contribution in [0.15, 0.2) is 60.7 Å². The van der Waals surface area contributed by atoms with Gasteiger partial charge in [-0.15, -0.1) is 0 Å². The molecule has 1 aliphatic carbocycles. The highest BCUT2D eigenvalue weighted by atomic mass is 16.2. The number of para-hydroxylation sites is 1. The average molecular weight is 290 g/mol. The lowest BCUT2D eigenvalue weighted by Gasteiger charge is -2.36. The number of fused-ring (bicyclic) bond motifs is 1. The molecule has 0 unspecified atom stereocenters. The van der Waals surface area contributed by atoms with Crippen LogP contribution in [-0.4, -0.2) is 23.0 Å². The SMILES string of the molecule is O=C1c2ccccc2N[C@@H](/C=C/c2ccccc2)N1C1CC1. The third-order valence-corrected chi connectivity index (χ3v) is 4.21. The number of anilines is 1. The van der Waals surface area contributed by atoms with Gasteiger partial charge in [-0.2, -0.15) is 0 Å². The topological polar surface area (TPSA) is 32.3 Å². The molecule has 1 heterocycles. The Hall–Kier alpha value is -2.55. The first-order chi connectivity index (χ1) is 10.8. The van der Waals surface area contributed by atoms with Crippen LogP contribution < -0.4 is 5.32 Å². The van der Waals surface area contributed by atoms with Crippen molar-refractivity contribution in [1.82, 2.24) is 4.90 Å². The maximum Gasteiger partial charge on any atom is 0.258 e. The zero-order valence-electron chi connectivity index (χ0n) is 12.3. The Morgan fingerprint density at radius 2 is 1.73 bits per heavy atom. The monoisotopic (exact) mass is 290 g/mol. The number of benzene rings is 2. The maximum absolute atomic E-state index is 12.8. The number of nitrogens with zero attached hydrogens (tertiary/aromatic N) is 1. The van der Waals surface area contributed by atoms with Crippen LogP contribution in [0, 0.1) is 0 Å². The van der Waals surface area contributed by atoms with Crippen molar-refractivity contribution in [1.29, 1.82) is 0 Å². The van der Waals surface area contributed by atoms with E-state index in [1.807, 2.05) is 47.4 Å². The Kier molecular flexibility index (Phi) is 3.19. The highest BCUT2D eigenvalue weighted by Crippen LogP contribution is 2.35. The molecule has 2 aromatic carbocycles. The standard InChI is InChI=1S/C19H18N2O/c22-19-16-8-4-5-9-17(16)20-18(21(19)15-11-12-15)13-10-14-6-2-1-3-7-14/h1-10,13,15,18,20H,11-12H2/b13-10+/t18-/m1/s1. The molecule has 1 saturated carbocycles. The molecular weight excluding hydrogens is 272 g/mol. The molecule has 22 heavy (non-hydrogen) atoms. The third-order valence-electron chi connectivity index (χ3n) is 4.21. The predicted molar refractivity (Wildman–Crippen MR) is 88.5 cm³/mol. The molecule has 110 valence electrons. The van der Waals surface area contributed by atoms with Gasteiger partial charge < -0.3 is 10.2 Å². The van der Waals surface area contributed by atoms with Gasteiger partial charge in [0.15, 0.2) is 0 Å². The van der Waals surface area contributed by atoms with Crippen LogP contribution >= 0.6 is 0 Å². The summed E-state index contributed by atoms with van der Waals surface area (Å²) >= 11 is 0. The molecule has 3 heteroatoms. The molecule has 0 saturated heterocycles. The Labute approximate surface area is 130 Å². The minimum absolute atomic E-state index is 0.0740. The molecule has 1 atom stereocenters. The summed E-state index contributed by atoms with van der Waals surface area (Å²) in [5, 5.41) is 3.49. The molecule has 1 N–H and O–H groups in total. The average Bonchev–Trinajstić information content (AvgIpc) is 3.39. The zero-order valence-corrected chi connectivity index (χ0v) is 12.3. The molecular formula is C19H18N2O. The van der Waals surface area contributed by atoms with Crippen LogP contribution in [0.1, 0.15) is 28.8 Å². The first kappa shape index (κ1) is 13.1. The van der Waals surface area contributed by atoms with Crippen molar-refractivity contribution in [3.63, 3.8) is 0 Å². The van der Waals surface area contributed by atoms with Crippen LogP contribution in [0.5, 0.6) is 0 Å². The van der Waals surface area contributed by atoms with Crippen molar-refractivity contribution < 1.29 is 4.79 Å². The van der Waals surface area contributed by atoms with Crippen LogP contribution in [0.3, 0.4) is 0 Å². The van der Waals surface area contributed by atoms with Crippen LogP contribution in [-0.2, 0) is 0 Å². The molecule has 2 aliphatic rings. The third kappa shape index (κ3) is 2.39. The second-order valence-corrected chi connectivity index (χ2v) is 5.85. The number of nitrogens with one attached hydrogen (secondary N) is 1. The van der Waals surface area contributed by atoms with E-state index in [0.29, 0.717) is 6.04 Å². The molecule has 0 spiro atoms. The fraction of sp³-hybridized carbons (Fsp3) is 0.211. The fourth-order valence-corrected chi connectivity index (χ4v) is 2.94. The summed E-state index contributed by atoms with van der Waals surface area (Å²) in [5.74, 6) is 0.138. The summed E-state index contributed by atoms with van der Waals surface area (Å²) in [5.41, 5.74) is 2.84. The lowest BCUT2D eigenvalue weighted by atomic mass is 10.1. The molecule has 1 aliphatic heterocycles. The van der Waals surface area contributed by atoms with Gasteiger partial charge in [-0.1, -0.05) is 48.5 Å². The number of amides is 1. The van der Waals surface area contributed by atoms with Crippen LogP contribution in [0.4, 0.5) is 5.69 Å².